The summed E-state index contributed by atoms with van der Waals surface area (Å²) >= 11 is 0. The van der Waals surface area contributed by atoms with Gasteiger partial charge >= 0.3 is 0 Å². The van der Waals surface area contributed by atoms with Crippen LogP contribution in [0.1, 0.15) is 26.3 Å². The molecule has 0 aliphatic rings. The Morgan fingerprint density at radius 3 is 2.48 bits per heavy atom. The van der Waals surface area contributed by atoms with Gasteiger partial charge in [0.15, 0.2) is 0 Å². The Bertz CT molecular complexity index is 860. The van der Waals surface area contributed by atoms with Crippen molar-refractivity contribution >= 4 is 11.5 Å². The van der Waals surface area contributed by atoms with Crippen LogP contribution in [-0.2, 0) is 5.41 Å². The second-order valence-corrected chi connectivity index (χ2v) is 6.74. The molecule has 4 nitrogen and oxygen atoms in total. The molecule has 0 aliphatic heterocycles. The predicted octanol–water partition coefficient (Wildman–Crippen LogP) is 5.45. The first kappa shape index (κ1) is 16.9. The first-order valence-corrected chi connectivity index (χ1v) is 8.03. The number of nitrogens with zero attached hydrogens (tertiary/aromatic N) is 2. The van der Waals surface area contributed by atoms with Crippen molar-refractivity contribution in [2.75, 3.05) is 5.32 Å². The van der Waals surface area contributed by atoms with E-state index in [1.165, 1.54) is 6.07 Å². The largest absolute Gasteiger partial charge is 0.457 e. The highest BCUT2D eigenvalue weighted by molar-refractivity contribution is 5.56. The summed E-state index contributed by atoms with van der Waals surface area (Å²) in [6.45, 7) is 5.93. The number of pyridine rings is 2. The van der Waals surface area contributed by atoms with Crippen LogP contribution in [0.3, 0.4) is 0 Å². The molecule has 2 heterocycles. The Balaban J connectivity index is 1.77. The molecule has 0 saturated carbocycles. The molecular formula is C20H20FN3O. The quantitative estimate of drug-likeness (QED) is 0.688. The predicted molar refractivity (Wildman–Crippen MR) is 96.9 cm³/mol. The number of aromatic nitrogens is 2. The summed E-state index contributed by atoms with van der Waals surface area (Å²) in [5.41, 5.74) is 1.24. The van der Waals surface area contributed by atoms with E-state index in [1.54, 1.807) is 42.9 Å². The molecule has 1 aromatic carbocycles. The zero-order valence-corrected chi connectivity index (χ0v) is 14.5. The molecule has 3 rings (SSSR count). The van der Waals surface area contributed by atoms with Crippen LogP contribution in [0.15, 0.2) is 61.1 Å². The van der Waals surface area contributed by atoms with E-state index in [0.29, 0.717) is 22.9 Å². The minimum Gasteiger partial charge on any atom is -0.457 e. The molecule has 25 heavy (non-hydrogen) atoms. The van der Waals surface area contributed by atoms with Gasteiger partial charge in [-0.15, -0.1) is 0 Å². The molecule has 0 fully saturated rings. The number of anilines is 2. The van der Waals surface area contributed by atoms with Crippen molar-refractivity contribution in [1.29, 1.82) is 0 Å². The molecule has 0 spiro atoms. The highest BCUT2D eigenvalue weighted by Crippen LogP contribution is 2.30. The van der Waals surface area contributed by atoms with Gasteiger partial charge in [-0.25, -0.2) is 9.37 Å². The monoisotopic (exact) mass is 337 g/mol. The lowest BCUT2D eigenvalue weighted by atomic mass is 9.87. The number of ether oxygens (including phenoxy) is 1. The van der Waals surface area contributed by atoms with Crippen LogP contribution in [0.5, 0.6) is 11.5 Å². The summed E-state index contributed by atoms with van der Waals surface area (Å²) in [5, 5.41) is 3.14. The molecule has 0 unspecified atom stereocenters. The maximum Gasteiger partial charge on any atom is 0.134 e. The summed E-state index contributed by atoms with van der Waals surface area (Å²) in [5.74, 6) is 1.37. The van der Waals surface area contributed by atoms with Crippen molar-refractivity contribution in [2.24, 2.45) is 0 Å². The van der Waals surface area contributed by atoms with Crippen molar-refractivity contribution < 1.29 is 9.13 Å². The zero-order valence-electron chi connectivity index (χ0n) is 14.5. The third-order valence-electron chi connectivity index (χ3n) is 3.65. The van der Waals surface area contributed by atoms with Gasteiger partial charge in [0.05, 0.1) is 11.9 Å². The van der Waals surface area contributed by atoms with E-state index in [0.717, 1.165) is 5.69 Å². The number of nitrogens with one attached hydrogen (secondary N) is 1. The van der Waals surface area contributed by atoms with Crippen LogP contribution >= 0.6 is 0 Å². The zero-order chi connectivity index (χ0) is 17.9. The summed E-state index contributed by atoms with van der Waals surface area (Å²) in [6, 6.07) is 12.2. The third-order valence-corrected chi connectivity index (χ3v) is 3.65. The van der Waals surface area contributed by atoms with E-state index >= 15 is 0 Å². The summed E-state index contributed by atoms with van der Waals surface area (Å²) in [6.07, 6.45) is 5.04. The van der Waals surface area contributed by atoms with Crippen LogP contribution in [0.25, 0.3) is 0 Å². The number of hydrogen-bond acceptors (Lipinski definition) is 4. The van der Waals surface area contributed by atoms with Gasteiger partial charge in [0, 0.05) is 24.5 Å². The topological polar surface area (TPSA) is 47.0 Å². The SMILES string of the molecule is CC(C)(C)c1ccc(Oc2ccnc(Nc3cccnc3)c2)cc1F. The van der Waals surface area contributed by atoms with Crippen molar-refractivity contribution in [3.63, 3.8) is 0 Å². The fraction of sp³-hybridized carbons (Fsp3) is 0.200. The van der Waals surface area contributed by atoms with E-state index in [9.17, 15) is 4.39 Å². The molecule has 0 aliphatic carbocycles. The molecule has 2 aromatic heterocycles. The second-order valence-electron chi connectivity index (χ2n) is 6.74. The molecule has 0 atom stereocenters. The number of rotatable bonds is 4. The summed E-state index contributed by atoms with van der Waals surface area (Å²) in [4.78, 5) is 8.29. The Labute approximate surface area is 146 Å². The van der Waals surface area contributed by atoms with Crippen molar-refractivity contribution in [3.05, 3.63) is 72.4 Å². The second kappa shape index (κ2) is 6.89. The van der Waals surface area contributed by atoms with Crippen LogP contribution in [0, 0.1) is 5.82 Å². The molecule has 0 saturated heterocycles. The molecule has 0 bridgehead atoms. The van der Waals surface area contributed by atoms with Crippen molar-refractivity contribution in [3.8, 4) is 11.5 Å². The van der Waals surface area contributed by atoms with Gasteiger partial charge in [-0.05, 0) is 35.2 Å². The average Bonchev–Trinajstić information content (AvgIpc) is 2.55. The van der Waals surface area contributed by atoms with Gasteiger partial charge in [-0.2, -0.15) is 0 Å². The molecule has 5 heteroatoms. The van der Waals surface area contributed by atoms with Gasteiger partial charge in [-0.1, -0.05) is 26.8 Å². The summed E-state index contributed by atoms with van der Waals surface area (Å²) < 4.78 is 20.1. The van der Waals surface area contributed by atoms with Crippen molar-refractivity contribution in [1.82, 2.24) is 9.97 Å². The lowest BCUT2D eigenvalue weighted by Crippen LogP contribution is -2.13. The van der Waals surface area contributed by atoms with Gasteiger partial charge in [-0.3, -0.25) is 4.98 Å². The number of hydrogen-bond donors (Lipinski definition) is 1. The minimum absolute atomic E-state index is 0.250. The maximum absolute atomic E-state index is 14.3. The van der Waals surface area contributed by atoms with E-state index in [2.05, 4.69) is 15.3 Å². The Kier molecular flexibility index (Phi) is 4.65. The van der Waals surface area contributed by atoms with Crippen LogP contribution < -0.4 is 10.1 Å². The lowest BCUT2D eigenvalue weighted by Gasteiger charge is -2.20. The van der Waals surface area contributed by atoms with Gasteiger partial charge in [0.2, 0.25) is 0 Å². The smallest absolute Gasteiger partial charge is 0.134 e. The summed E-state index contributed by atoms with van der Waals surface area (Å²) in [7, 11) is 0. The van der Waals surface area contributed by atoms with Crippen LogP contribution in [0.4, 0.5) is 15.9 Å². The van der Waals surface area contributed by atoms with Gasteiger partial charge in [0.1, 0.15) is 23.1 Å². The standard InChI is InChI=1S/C20H20FN3O/c1-20(2,3)17-7-6-15(11-18(17)21)25-16-8-10-23-19(12-16)24-14-5-4-9-22-13-14/h4-13H,1-3H3,(H,23,24). The highest BCUT2D eigenvalue weighted by Gasteiger charge is 2.18. The average molecular weight is 337 g/mol. The van der Waals surface area contributed by atoms with E-state index < -0.39 is 0 Å². The Hall–Kier alpha value is -2.95. The fourth-order valence-corrected chi connectivity index (χ4v) is 2.43. The normalized spacial score (nSPS) is 11.2. The third kappa shape index (κ3) is 4.32. The number of halogens is 1. The molecule has 1 N–H and O–H groups in total. The Morgan fingerprint density at radius 2 is 1.80 bits per heavy atom. The molecule has 3 aromatic rings. The van der Waals surface area contributed by atoms with Gasteiger partial charge in [0.25, 0.3) is 0 Å². The first-order chi connectivity index (χ1) is 11.9. The van der Waals surface area contributed by atoms with Crippen LogP contribution in [-0.4, -0.2) is 9.97 Å². The number of benzene rings is 1. The van der Waals surface area contributed by atoms with Crippen LogP contribution in [0.2, 0.25) is 0 Å². The Morgan fingerprint density at radius 1 is 1.00 bits per heavy atom. The first-order valence-electron chi connectivity index (χ1n) is 8.03. The molecule has 128 valence electrons. The maximum atomic E-state index is 14.3. The van der Waals surface area contributed by atoms with E-state index in [1.807, 2.05) is 32.9 Å². The highest BCUT2D eigenvalue weighted by atomic mass is 19.1. The van der Waals surface area contributed by atoms with Gasteiger partial charge < -0.3 is 10.1 Å². The molecule has 0 amide bonds. The fourth-order valence-electron chi connectivity index (χ4n) is 2.43. The van der Waals surface area contributed by atoms with Crippen molar-refractivity contribution in [2.45, 2.75) is 26.2 Å². The lowest BCUT2D eigenvalue weighted by molar-refractivity contribution is 0.468. The molecular weight excluding hydrogens is 317 g/mol. The molecule has 0 radical (unpaired) electrons. The van der Waals surface area contributed by atoms with E-state index in [-0.39, 0.29) is 11.2 Å². The minimum atomic E-state index is -0.271. The van der Waals surface area contributed by atoms with E-state index in [4.69, 9.17) is 4.74 Å².